The summed E-state index contributed by atoms with van der Waals surface area (Å²) in [6.07, 6.45) is 2.48. The van der Waals surface area contributed by atoms with Gasteiger partial charge in [0.1, 0.15) is 11.4 Å². The van der Waals surface area contributed by atoms with Crippen molar-refractivity contribution in [3.05, 3.63) is 53.6 Å². The highest BCUT2D eigenvalue weighted by molar-refractivity contribution is 5.99. The Hall–Kier alpha value is -3.20. The van der Waals surface area contributed by atoms with Gasteiger partial charge in [0.15, 0.2) is 0 Å². The molecule has 9 heteroatoms. The van der Waals surface area contributed by atoms with Crippen molar-refractivity contribution in [2.24, 2.45) is 0 Å². The van der Waals surface area contributed by atoms with Crippen LogP contribution in [0.1, 0.15) is 66.1 Å². The molecule has 1 aliphatic heterocycles. The number of aryl methyl sites for hydroxylation is 1. The molecule has 1 aliphatic rings. The average Bonchev–Trinajstić information content (AvgIpc) is 2.84. The third-order valence-electron chi connectivity index (χ3n) is 4.88. The van der Waals surface area contributed by atoms with Crippen molar-refractivity contribution in [2.75, 3.05) is 36.8 Å². The third-order valence-corrected chi connectivity index (χ3v) is 4.88. The van der Waals surface area contributed by atoms with Crippen LogP contribution in [-0.2, 0) is 11.3 Å². The molecule has 0 radical (unpaired) electrons. The number of nitrogens with zero attached hydrogens (tertiary/aromatic N) is 3. The number of benzene rings is 1. The predicted molar refractivity (Wildman–Crippen MR) is 148 cm³/mol. The number of carbonyl (C=O) groups excluding carboxylic acids is 2. The number of pyridine rings is 1. The second kappa shape index (κ2) is 15.8. The topological polar surface area (TPSA) is 86.8 Å². The molecule has 0 atom stereocenters. The van der Waals surface area contributed by atoms with Gasteiger partial charge in [0.2, 0.25) is 0 Å². The first-order chi connectivity index (χ1) is 17.5. The Morgan fingerprint density at radius 1 is 1.03 bits per heavy atom. The van der Waals surface area contributed by atoms with Gasteiger partial charge in [0, 0.05) is 38.4 Å². The molecule has 0 spiro atoms. The number of aromatic nitrogens is 1. The summed E-state index contributed by atoms with van der Waals surface area (Å²) in [7, 11) is 0. The molecule has 0 bridgehead atoms. The van der Waals surface area contributed by atoms with E-state index in [1.807, 2.05) is 41.5 Å². The molecular formula is C28H44FN5O3. The molecule has 2 heterocycles. The summed E-state index contributed by atoms with van der Waals surface area (Å²) in [5.41, 5.74) is 1.81. The molecule has 206 valence electrons. The van der Waals surface area contributed by atoms with Crippen molar-refractivity contribution in [2.45, 2.75) is 74.0 Å². The molecule has 3 rings (SSSR count). The SMILES string of the molecule is CC.CCC.Cc1ccc(NC(=O)Nc2cc(CN3CCN(C(=O)OC(C)(C)C)CC3)ccc2F)cn1. The van der Waals surface area contributed by atoms with Crippen LogP contribution < -0.4 is 10.6 Å². The van der Waals surface area contributed by atoms with Crippen molar-refractivity contribution in [1.82, 2.24) is 14.8 Å². The van der Waals surface area contributed by atoms with Crippen LogP contribution in [0, 0.1) is 12.7 Å². The Balaban J connectivity index is 0.00000127. The number of rotatable bonds is 4. The lowest BCUT2D eigenvalue weighted by atomic mass is 10.1. The minimum Gasteiger partial charge on any atom is -0.444 e. The van der Waals surface area contributed by atoms with Crippen LogP contribution in [-0.4, -0.2) is 58.7 Å². The largest absolute Gasteiger partial charge is 0.444 e. The summed E-state index contributed by atoms with van der Waals surface area (Å²) in [5, 5.41) is 5.19. The zero-order chi connectivity index (χ0) is 28.0. The van der Waals surface area contributed by atoms with Gasteiger partial charge in [-0.15, -0.1) is 0 Å². The molecule has 37 heavy (non-hydrogen) atoms. The zero-order valence-corrected chi connectivity index (χ0v) is 23.7. The second-order valence-corrected chi connectivity index (χ2v) is 9.53. The molecule has 0 saturated carbocycles. The summed E-state index contributed by atoms with van der Waals surface area (Å²) in [6.45, 7) is 18.7. The molecule has 1 fully saturated rings. The molecule has 0 unspecified atom stereocenters. The average molecular weight is 518 g/mol. The lowest BCUT2D eigenvalue weighted by Crippen LogP contribution is -2.49. The van der Waals surface area contributed by atoms with E-state index in [0.717, 1.165) is 11.3 Å². The maximum Gasteiger partial charge on any atom is 0.410 e. The standard InChI is InChI=1S/C23H30FN5O3.C3H8.C2H6/c1-16-5-7-18(14-25-16)26-21(30)27-20-13-17(6-8-19(20)24)15-28-9-11-29(12-10-28)22(31)32-23(2,3)4;1-3-2;1-2/h5-8,13-14H,9-12,15H2,1-4H3,(H2,26,27,30);3H2,1-2H3;1-2H3. The van der Waals surface area contributed by atoms with E-state index in [1.165, 1.54) is 12.5 Å². The molecule has 3 amide bonds. The number of ether oxygens (including phenoxy) is 1. The first-order valence-electron chi connectivity index (χ1n) is 13.0. The Labute approximate surface area is 221 Å². The van der Waals surface area contributed by atoms with Crippen LogP contribution in [0.15, 0.2) is 36.5 Å². The number of amides is 3. The molecular weight excluding hydrogens is 473 g/mol. The summed E-state index contributed by atoms with van der Waals surface area (Å²) in [6, 6.07) is 7.63. The van der Waals surface area contributed by atoms with E-state index in [4.69, 9.17) is 4.74 Å². The third kappa shape index (κ3) is 12.1. The number of anilines is 2. The summed E-state index contributed by atoms with van der Waals surface area (Å²) in [4.78, 5) is 32.4. The molecule has 0 aliphatic carbocycles. The minimum absolute atomic E-state index is 0.104. The maximum absolute atomic E-state index is 14.2. The summed E-state index contributed by atoms with van der Waals surface area (Å²) >= 11 is 0. The monoisotopic (exact) mass is 517 g/mol. The van der Waals surface area contributed by atoms with E-state index < -0.39 is 17.4 Å². The Kier molecular flexibility index (Phi) is 13.6. The highest BCUT2D eigenvalue weighted by Crippen LogP contribution is 2.19. The van der Waals surface area contributed by atoms with Gasteiger partial charge in [0.25, 0.3) is 0 Å². The first-order valence-corrected chi connectivity index (χ1v) is 13.0. The van der Waals surface area contributed by atoms with E-state index in [2.05, 4.69) is 34.4 Å². The van der Waals surface area contributed by atoms with E-state index in [-0.39, 0.29) is 11.8 Å². The van der Waals surface area contributed by atoms with Crippen molar-refractivity contribution < 1.29 is 18.7 Å². The number of hydrogen-bond donors (Lipinski definition) is 2. The predicted octanol–water partition coefficient (Wildman–Crippen LogP) is 6.67. The lowest BCUT2D eigenvalue weighted by Gasteiger charge is -2.35. The fourth-order valence-electron chi connectivity index (χ4n) is 3.27. The van der Waals surface area contributed by atoms with Gasteiger partial charge in [-0.25, -0.2) is 14.0 Å². The van der Waals surface area contributed by atoms with E-state index in [9.17, 15) is 14.0 Å². The Morgan fingerprint density at radius 3 is 2.19 bits per heavy atom. The number of hydrogen-bond acceptors (Lipinski definition) is 5. The maximum atomic E-state index is 14.2. The molecule has 1 saturated heterocycles. The van der Waals surface area contributed by atoms with Crippen molar-refractivity contribution in [3.63, 3.8) is 0 Å². The number of piperazine rings is 1. The fourth-order valence-corrected chi connectivity index (χ4v) is 3.27. The summed E-state index contributed by atoms with van der Waals surface area (Å²) < 4.78 is 19.7. The van der Waals surface area contributed by atoms with E-state index in [0.29, 0.717) is 38.4 Å². The summed E-state index contributed by atoms with van der Waals surface area (Å²) in [5.74, 6) is -0.513. The normalized spacial score (nSPS) is 13.4. The van der Waals surface area contributed by atoms with Gasteiger partial charge in [-0.1, -0.05) is 40.2 Å². The zero-order valence-electron chi connectivity index (χ0n) is 23.7. The van der Waals surface area contributed by atoms with Crippen molar-refractivity contribution in [3.8, 4) is 0 Å². The Bertz CT molecular complexity index is 969. The molecule has 1 aromatic heterocycles. The number of urea groups is 1. The van der Waals surface area contributed by atoms with Crippen LogP contribution in [0.25, 0.3) is 0 Å². The van der Waals surface area contributed by atoms with Crippen LogP contribution >= 0.6 is 0 Å². The van der Waals surface area contributed by atoms with Crippen molar-refractivity contribution in [1.29, 1.82) is 0 Å². The van der Waals surface area contributed by atoms with Gasteiger partial charge in [0.05, 0.1) is 17.6 Å². The lowest BCUT2D eigenvalue weighted by molar-refractivity contribution is 0.0139. The van der Waals surface area contributed by atoms with Crippen LogP contribution in [0.4, 0.5) is 25.4 Å². The number of nitrogens with one attached hydrogen (secondary N) is 2. The van der Waals surface area contributed by atoms with E-state index in [1.54, 1.807) is 35.4 Å². The van der Waals surface area contributed by atoms with Crippen LogP contribution in [0.5, 0.6) is 0 Å². The van der Waals surface area contributed by atoms with Gasteiger partial charge in [-0.05, 0) is 57.5 Å². The first kappa shape index (κ1) is 31.8. The highest BCUT2D eigenvalue weighted by atomic mass is 19.1. The second-order valence-electron chi connectivity index (χ2n) is 9.53. The van der Waals surface area contributed by atoms with E-state index >= 15 is 0 Å². The smallest absolute Gasteiger partial charge is 0.410 e. The van der Waals surface area contributed by atoms with Gasteiger partial charge < -0.3 is 20.3 Å². The van der Waals surface area contributed by atoms with Crippen molar-refractivity contribution >= 4 is 23.5 Å². The van der Waals surface area contributed by atoms with Gasteiger partial charge in [-0.3, -0.25) is 9.88 Å². The Morgan fingerprint density at radius 2 is 1.65 bits per heavy atom. The number of halogens is 1. The van der Waals surface area contributed by atoms with Crippen LogP contribution in [0.3, 0.4) is 0 Å². The minimum atomic E-state index is -0.544. The molecule has 1 aromatic carbocycles. The quantitative estimate of drug-likeness (QED) is 0.473. The highest BCUT2D eigenvalue weighted by Gasteiger charge is 2.26. The fraction of sp³-hybridized carbons (Fsp3) is 0.536. The van der Waals surface area contributed by atoms with Gasteiger partial charge >= 0.3 is 12.1 Å². The van der Waals surface area contributed by atoms with Crippen LogP contribution in [0.2, 0.25) is 0 Å². The molecule has 2 aromatic rings. The molecule has 8 nitrogen and oxygen atoms in total. The number of carbonyl (C=O) groups is 2. The van der Waals surface area contributed by atoms with Gasteiger partial charge in [-0.2, -0.15) is 0 Å². The molecule has 2 N–H and O–H groups in total.